The zero-order valence-corrected chi connectivity index (χ0v) is 19.0. The maximum Gasteiger partial charge on any atom is 0.271 e. The first-order chi connectivity index (χ1) is 15.2. The van der Waals surface area contributed by atoms with Crippen LogP contribution in [-0.4, -0.2) is 51.7 Å². The molecule has 0 bridgehead atoms. The van der Waals surface area contributed by atoms with Crippen molar-refractivity contribution in [1.29, 1.82) is 0 Å². The largest absolute Gasteiger partial charge is 0.350 e. The second-order valence-corrected chi connectivity index (χ2v) is 9.91. The van der Waals surface area contributed by atoms with Crippen molar-refractivity contribution in [2.24, 2.45) is 20.0 Å². The number of nitrogens with one attached hydrogen (secondary N) is 2. The molecule has 1 fully saturated rings. The standard InChI is InChI=1S/C21H26N6O4S/c1-14-22-19(13-25(14)2)32(30,31)27-10-8-15(9-11-27)20(28)23-24-21(29)17-12-26(3)18-7-5-4-6-16(17)18/h4-7,12-13,15H,8-11H2,1-3H3,(H,23,28)(H,24,29). The third-order valence-electron chi connectivity index (χ3n) is 5.96. The van der Waals surface area contributed by atoms with Gasteiger partial charge in [-0.05, 0) is 25.8 Å². The summed E-state index contributed by atoms with van der Waals surface area (Å²) < 4.78 is 30.5. The number of carbonyl (C=O) groups is 2. The lowest BCUT2D eigenvalue weighted by atomic mass is 9.98. The van der Waals surface area contributed by atoms with Gasteiger partial charge in [-0.25, -0.2) is 13.4 Å². The molecule has 0 spiro atoms. The molecule has 1 aliphatic rings. The summed E-state index contributed by atoms with van der Waals surface area (Å²) in [4.78, 5) is 29.3. The zero-order valence-electron chi connectivity index (χ0n) is 18.2. The predicted molar refractivity (Wildman–Crippen MR) is 118 cm³/mol. The quantitative estimate of drug-likeness (QED) is 0.567. The van der Waals surface area contributed by atoms with Crippen LogP contribution in [0.3, 0.4) is 0 Å². The van der Waals surface area contributed by atoms with Gasteiger partial charge < -0.3 is 9.13 Å². The number of para-hydroxylation sites is 1. The van der Waals surface area contributed by atoms with E-state index in [0.29, 0.717) is 24.2 Å². The Morgan fingerprint density at radius 2 is 1.72 bits per heavy atom. The van der Waals surface area contributed by atoms with E-state index in [1.54, 1.807) is 24.7 Å². The highest BCUT2D eigenvalue weighted by Crippen LogP contribution is 2.24. The summed E-state index contributed by atoms with van der Waals surface area (Å²) in [5.74, 6) is -0.510. The number of hydrogen-bond donors (Lipinski definition) is 2. The van der Waals surface area contributed by atoms with E-state index in [9.17, 15) is 18.0 Å². The van der Waals surface area contributed by atoms with Crippen LogP contribution in [0.25, 0.3) is 10.9 Å². The number of hydrazine groups is 1. The molecule has 3 aromatic rings. The van der Waals surface area contributed by atoms with Gasteiger partial charge in [0.05, 0.1) is 5.56 Å². The number of aryl methyl sites for hydroxylation is 3. The number of amides is 2. The van der Waals surface area contributed by atoms with Crippen LogP contribution in [0.15, 0.2) is 41.7 Å². The van der Waals surface area contributed by atoms with E-state index in [4.69, 9.17) is 0 Å². The molecule has 3 heterocycles. The van der Waals surface area contributed by atoms with Crippen LogP contribution in [0, 0.1) is 12.8 Å². The Bertz CT molecular complexity index is 1270. The average molecular weight is 459 g/mol. The van der Waals surface area contributed by atoms with Crippen LogP contribution in [-0.2, 0) is 28.9 Å². The number of fused-ring (bicyclic) bond motifs is 1. The summed E-state index contributed by atoms with van der Waals surface area (Å²) in [6.45, 7) is 2.17. The SMILES string of the molecule is Cc1nc(S(=O)(=O)N2CCC(C(=O)NNC(=O)c3cn(C)c4ccccc34)CC2)cn1C. The molecule has 0 atom stereocenters. The minimum absolute atomic E-state index is 0.0164. The summed E-state index contributed by atoms with van der Waals surface area (Å²) >= 11 is 0. The van der Waals surface area contributed by atoms with E-state index in [2.05, 4.69) is 15.8 Å². The van der Waals surface area contributed by atoms with Crippen molar-refractivity contribution in [3.63, 3.8) is 0 Å². The number of aromatic nitrogens is 3. The summed E-state index contributed by atoms with van der Waals surface area (Å²) in [6, 6.07) is 7.52. The number of imidazole rings is 1. The molecule has 4 rings (SSSR count). The highest BCUT2D eigenvalue weighted by molar-refractivity contribution is 7.89. The highest BCUT2D eigenvalue weighted by Gasteiger charge is 2.33. The number of piperidine rings is 1. The molecule has 2 N–H and O–H groups in total. The molecule has 2 amide bonds. The van der Waals surface area contributed by atoms with Gasteiger partial charge in [0.1, 0.15) is 5.82 Å². The molecule has 1 aromatic carbocycles. The first-order valence-electron chi connectivity index (χ1n) is 10.3. The minimum Gasteiger partial charge on any atom is -0.350 e. The van der Waals surface area contributed by atoms with Crippen molar-refractivity contribution in [2.45, 2.75) is 24.8 Å². The van der Waals surface area contributed by atoms with Gasteiger partial charge >= 0.3 is 0 Å². The molecule has 1 saturated heterocycles. The fourth-order valence-corrected chi connectivity index (χ4v) is 5.45. The Morgan fingerprint density at radius 1 is 1.03 bits per heavy atom. The van der Waals surface area contributed by atoms with Gasteiger partial charge in [0.25, 0.3) is 15.9 Å². The van der Waals surface area contributed by atoms with E-state index in [-0.39, 0.29) is 29.9 Å². The Balaban J connectivity index is 1.34. The fourth-order valence-electron chi connectivity index (χ4n) is 3.95. The Morgan fingerprint density at radius 3 is 2.38 bits per heavy atom. The molecule has 11 heteroatoms. The smallest absolute Gasteiger partial charge is 0.271 e. The average Bonchev–Trinajstić information content (AvgIpc) is 3.31. The Labute approximate surface area is 186 Å². The zero-order chi connectivity index (χ0) is 23.0. The molecular formula is C21H26N6O4S. The fraction of sp³-hybridized carbons (Fsp3) is 0.381. The van der Waals surface area contributed by atoms with Crippen LogP contribution in [0.2, 0.25) is 0 Å². The topological polar surface area (TPSA) is 118 Å². The third-order valence-corrected chi connectivity index (χ3v) is 7.73. The summed E-state index contributed by atoms with van der Waals surface area (Å²) in [7, 11) is -0.102. The van der Waals surface area contributed by atoms with E-state index in [1.165, 1.54) is 10.5 Å². The van der Waals surface area contributed by atoms with Crippen LogP contribution < -0.4 is 10.9 Å². The number of carbonyl (C=O) groups excluding carboxylic acids is 2. The van der Waals surface area contributed by atoms with Gasteiger partial charge in [-0.3, -0.25) is 20.4 Å². The normalized spacial score (nSPS) is 15.7. The number of hydrogen-bond acceptors (Lipinski definition) is 5. The van der Waals surface area contributed by atoms with Gasteiger partial charge in [-0.2, -0.15) is 4.31 Å². The van der Waals surface area contributed by atoms with E-state index < -0.39 is 15.9 Å². The van der Waals surface area contributed by atoms with Gasteiger partial charge in [0, 0.05) is 56.4 Å². The molecule has 0 radical (unpaired) electrons. The van der Waals surface area contributed by atoms with Crippen LogP contribution in [0.1, 0.15) is 29.0 Å². The number of sulfonamides is 1. The van der Waals surface area contributed by atoms with Gasteiger partial charge in [-0.15, -0.1) is 0 Å². The highest BCUT2D eigenvalue weighted by atomic mass is 32.2. The van der Waals surface area contributed by atoms with Crippen LogP contribution in [0.5, 0.6) is 0 Å². The predicted octanol–water partition coefficient (Wildman–Crippen LogP) is 1.08. The maximum atomic E-state index is 12.8. The number of rotatable bonds is 4. The first kappa shape index (κ1) is 22.0. The lowest BCUT2D eigenvalue weighted by molar-refractivity contribution is -0.126. The van der Waals surface area contributed by atoms with Crippen molar-refractivity contribution >= 4 is 32.7 Å². The molecule has 1 aliphatic heterocycles. The van der Waals surface area contributed by atoms with Crippen molar-refractivity contribution in [1.82, 2.24) is 29.3 Å². The second kappa shape index (κ2) is 8.40. The molecule has 10 nitrogen and oxygen atoms in total. The van der Waals surface area contributed by atoms with Crippen molar-refractivity contribution in [3.05, 3.63) is 48.0 Å². The van der Waals surface area contributed by atoms with Crippen molar-refractivity contribution < 1.29 is 18.0 Å². The molecular weight excluding hydrogens is 432 g/mol. The monoisotopic (exact) mass is 458 g/mol. The van der Waals surface area contributed by atoms with Gasteiger partial charge in [0.2, 0.25) is 5.91 Å². The molecule has 2 aromatic heterocycles. The molecule has 32 heavy (non-hydrogen) atoms. The summed E-state index contributed by atoms with van der Waals surface area (Å²) in [5.41, 5.74) is 6.36. The molecule has 0 aliphatic carbocycles. The van der Waals surface area contributed by atoms with Crippen LogP contribution >= 0.6 is 0 Å². The number of benzene rings is 1. The summed E-state index contributed by atoms with van der Waals surface area (Å²) in [6.07, 6.45) is 3.93. The molecule has 0 unspecified atom stereocenters. The van der Waals surface area contributed by atoms with Crippen molar-refractivity contribution in [3.8, 4) is 0 Å². The van der Waals surface area contributed by atoms with E-state index in [0.717, 1.165) is 10.9 Å². The number of nitrogens with zero attached hydrogens (tertiary/aromatic N) is 4. The lowest BCUT2D eigenvalue weighted by Gasteiger charge is -2.29. The maximum absolute atomic E-state index is 12.8. The van der Waals surface area contributed by atoms with Gasteiger partial charge in [0.15, 0.2) is 5.03 Å². The summed E-state index contributed by atoms with van der Waals surface area (Å²) in [5, 5.41) is 0.813. The van der Waals surface area contributed by atoms with E-state index >= 15 is 0 Å². The van der Waals surface area contributed by atoms with Crippen molar-refractivity contribution in [2.75, 3.05) is 13.1 Å². The minimum atomic E-state index is -3.70. The first-order valence-corrected chi connectivity index (χ1v) is 11.8. The van der Waals surface area contributed by atoms with Gasteiger partial charge in [-0.1, -0.05) is 18.2 Å². The Hall–Kier alpha value is -3.18. The lowest BCUT2D eigenvalue weighted by Crippen LogP contribution is -2.48. The van der Waals surface area contributed by atoms with E-state index in [1.807, 2.05) is 35.9 Å². The molecule has 0 saturated carbocycles. The third kappa shape index (κ3) is 4.00. The Kier molecular flexibility index (Phi) is 5.78. The second-order valence-electron chi connectivity index (χ2n) is 8.03. The molecule has 170 valence electrons. The van der Waals surface area contributed by atoms with Crippen LogP contribution in [0.4, 0.5) is 0 Å².